The fraction of sp³-hybridized carbons (Fsp3) is 0.533. The van der Waals surface area contributed by atoms with Gasteiger partial charge in [0.05, 0.1) is 6.26 Å². The molecule has 0 saturated carbocycles. The summed E-state index contributed by atoms with van der Waals surface area (Å²) < 4.78 is 7.34. The molecule has 0 saturated heterocycles. The fourth-order valence-corrected chi connectivity index (χ4v) is 2.38. The summed E-state index contributed by atoms with van der Waals surface area (Å²) in [6.45, 7) is 3.16. The van der Waals surface area contributed by atoms with Crippen molar-refractivity contribution in [1.29, 1.82) is 0 Å². The largest absolute Gasteiger partial charge is 0.469 e. The normalized spacial score (nSPS) is 12.7. The van der Waals surface area contributed by atoms with Crippen LogP contribution in [0.2, 0.25) is 0 Å². The van der Waals surface area contributed by atoms with Crippen LogP contribution in [-0.2, 0) is 19.9 Å². The third-order valence-corrected chi connectivity index (χ3v) is 3.48. The quantitative estimate of drug-likeness (QED) is 0.794. The minimum absolute atomic E-state index is 0.532. The lowest BCUT2D eigenvalue weighted by Gasteiger charge is -2.17. The number of rotatable bonds is 8. The number of nitrogens with zero attached hydrogens (tertiary/aromatic N) is 2. The third-order valence-electron chi connectivity index (χ3n) is 3.48. The SMILES string of the molecule is CCNC(CCc1ccco1)CCc1ccnn1C. The Labute approximate surface area is 114 Å². The summed E-state index contributed by atoms with van der Waals surface area (Å²) >= 11 is 0. The van der Waals surface area contributed by atoms with Crippen LogP contribution in [-0.4, -0.2) is 22.4 Å². The Kier molecular flexibility index (Phi) is 5.21. The number of aryl methyl sites for hydroxylation is 3. The van der Waals surface area contributed by atoms with E-state index in [9.17, 15) is 0 Å². The first-order valence-electron chi connectivity index (χ1n) is 7.02. The van der Waals surface area contributed by atoms with Crippen molar-refractivity contribution in [3.05, 3.63) is 42.1 Å². The van der Waals surface area contributed by atoms with Crippen LogP contribution in [0.5, 0.6) is 0 Å². The number of hydrogen-bond acceptors (Lipinski definition) is 3. The molecule has 0 fully saturated rings. The first-order chi connectivity index (χ1) is 9.29. The molecule has 4 nitrogen and oxygen atoms in total. The zero-order valence-electron chi connectivity index (χ0n) is 11.8. The molecule has 1 N–H and O–H groups in total. The van der Waals surface area contributed by atoms with Gasteiger partial charge in [0.1, 0.15) is 5.76 Å². The van der Waals surface area contributed by atoms with Crippen LogP contribution >= 0.6 is 0 Å². The molecule has 0 aliphatic heterocycles. The zero-order valence-corrected chi connectivity index (χ0v) is 11.8. The van der Waals surface area contributed by atoms with Gasteiger partial charge in [-0.1, -0.05) is 6.92 Å². The maximum atomic E-state index is 5.39. The monoisotopic (exact) mass is 261 g/mol. The Hall–Kier alpha value is -1.55. The molecule has 0 spiro atoms. The van der Waals surface area contributed by atoms with Gasteiger partial charge < -0.3 is 9.73 Å². The van der Waals surface area contributed by atoms with E-state index in [-0.39, 0.29) is 0 Å². The van der Waals surface area contributed by atoms with Crippen molar-refractivity contribution in [1.82, 2.24) is 15.1 Å². The van der Waals surface area contributed by atoms with Crippen molar-refractivity contribution in [3.63, 3.8) is 0 Å². The van der Waals surface area contributed by atoms with Crippen LogP contribution < -0.4 is 5.32 Å². The number of aromatic nitrogens is 2. The molecule has 4 heteroatoms. The summed E-state index contributed by atoms with van der Waals surface area (Å²) in [7, 11) is 2.00. The van der Waals surface area contributed by atoms with Gasteiger partial charge in [0.25, 0.3) is 0 Å². The minimum atomic E-state index is 0.532. The molecule has 2 aromatic rings. The molecular formula is C15H23N3O. The van der Waals surface area contributed by atoms with Crippen molar-refractivity contribution in [2.75, 3.05) is 6.54 Å². The Bertz CT molecular complexity index is 461. The van der Waals surface area contributed by atoms with E-state index in [0.29, 0.717) is 6.04 Å². The Morgan fingerprint density at radius 1 is 1.32 bits per heavy atom. The topological polar surface area (TPSA) is 43.0 Å². The van der Waals surface area contributed by atoms with E-state index in [1.807, 2.05) is 30.1 Å². The molecular weight excluding hydrogens is 238 g/mol. The predicted octanol–water partition coefficient (Wildman–Crippen LogP) is 2.56. The van der Waals surface area contributed by atoms with Gasteiger partial charge in [-0.05, 0) is 44.0 Å². The molecule has 2 aromatic heterocycles. The number of nitrogens with one attached hydrogen (secondary N) is 1. The summed E-state index contributed by atoms with van der Waals surface area (Å²) in [4.78, 5) is 0. The van der Waals surface area contributed by atoms with Gasteiger partial charge in [0, 0.05) is 31.4 Å². The molecule has 0 bridgehead atoms. The number of furan rings is 1. The van der Waals surface area contributed by atoms with Crippen molar-refractivity contribution in [3.8, 4) is 0 Å². The van der Waals surface area contributed by atoms with Crippen molar-refractivity contribution >= 4 is 0 Å². The van der Waals surface area contributed by atoms with Crippen molar-refractivity contribution in [2.45, 2.75) is 38.6 Å². The first kappa shape index (κ1) is 13.9. The molecule has 0 aliphatic rings. The molecule has 0 aliphatic carbocycles. The van der Waals surface area contributed by atoms with E-state index < -0.39 is 0 Å². The van der Waals surface area contributed by atoms with E-state index in [1.54, 1.807) is 6.26 Å². The molecule has 1 unspecified atom stereocenters. The van der Waals surface area contributed by atoms with Gasteiger partial charge in [-0.15, -0.1) is 0 Å². The molecule has 0 radical (unpaired) electrons. The van der Waals surface area contributed by atoms with Crippen LogP contribution in [0.3, 0.4) is 0 Å². The molecule has 0 aromatic carbocycles. The molecule has 2 heterocycles. The first-order valence-corrected chi connectivity index (χ1v) is 7.02. The highest BCUT2D eigenvalue weighted by Crippen LogP contribution is 2.11. The second-order valence-corrected chi connectivity index (χ2v) is 4.86. The van der Waals surface area contributed by atoms with Crippen LogP contribution in [0.25, 0.3) is 0 Å². The zero-order chi connectivity index (χ0) is 13.5. The Morgan fingerprint density at radius 3 is 2.79 bits per heavy atom. The van der Waals surface area contributed by atoms with Crippen LogP contribution in [0.1, 0.15) is 31.2 Å². The number of hydrogen-bond donors (Lipinski definition) is 1. The highest BCUT2D eigenvalue weighted by Gasteiger charge is 2.10. The molecule has 0 amide bonds. The summed E-state index contributed by atoms with van der Waals surface area (Å²) in [6, 6.07) is 6.62. The van der Waals surface area contributed by atoms with Gasteiger partial charge in [-0.25, -0.2) is 0 Å². The Balaban J connectivity index is 1.80. The van der Waals surface area contributed by atoms with Crippen molar-refractivity contribution in [2.24, 2.45) is 7.05 Å². The highest BCUT2D eigenvalue weighted by molar-refractivity contribution is 5.01. The van der Waals surface area contributed by atoms with E-state index in [4.69, 9.17) is 4.42 Å². The standard InChI is InChI=1S/C15H23N3O/c1-3-16-13(7-9-15-5-4-12-19-15)6-8-14-10-11-17-18(14)2/h4-5,10-13,16H,3,6-9H2,1-2H3. The third kappa shape index (κ3) is 4.24. The summed E-state index contributed by atoms with van der Waals surface area (Å²) in [5, 5.41) is 7.76. The molecule has 1 atom stereocenters. The molecule has 104 valence electrons. The minimum Gasteiger partial charge on any atom is -0.469 e. The summed E-state index contributed by atoms with van der Waals surface area (Å²) in [5.41, 5.74) is 1.29. The van der Waals surface area contributed by atoms with E-state index >= 15 is 0 Å². The lowest BCUT2D eigenvalue weighted by Crippen LogP contribution is -2.30. The predicted molar refractivity (Wildman–Crippen MR) is 76.0 cm³/mol. The van der Waals surface area contributed by atoms with Crippen molar-refractivity contribution < 1.29 is 4.42 Å². The molecule has 2 rings (SSSR count). The smallest absolute Gasteiger partial charge is 0.103 e. The molecule has 19 heavy (non-hydrogen) atoms. The van der Waals surface area contributed by atoms with Gasteiger partial charge in [0.2, 0.25) is 0 Å². The fourth-order valence-electron chi connectivity index (χ4n) is 2.38. The van der Waals surface area contributed by atoms with E-state index in [2.05, 4.69) is 23.4 Å². The van der Waals surface area contributed by atoms with Gasteiger partial charge >= 0.3 is 0 Å². The van der Waals surface area contributed by atoms with Gasteiger partial charge in [-0.2, -0.15) is 5.10 Å². The lowest BCUT2D eigenvalue weighted by atomic mass is 10.0. The van der Waals surface area contributed by atoms with Crippen LogP contribution in [0, 0.1) is 0 Å². The van der Waals surface area contributed by atoms with E-state index in [1.165, 1.54) is 5.69 Å². The summed E-state index contributed by atoms with van der Waals surface area (Å²) in [5.74, 6) is 1.07. The van der Waals surface area contributed by atoms with Gasteiger partial charge in [0.15, 0.2) is 0 Å². The summed E-state index contributed by atoms with van der Waals surface area (Å²) in [6.07, 6.45) is 7.91. The second-order valence-electron chi connectivity index (χ2n) is 4.86. The average Bonchev–Trinajstić information content (AvgIpc) is 3.04. The Morgan fingerprint density at radius 2 is 2.16 bits per heavy atom. The maximum Gasteiger partial charge on any atom is 0.103 e. The van der Waals surface area contributed by atoms with Gasteiger partial charge in [-0.3, -0.25) is 4.68 Å². The average molecular weight is 261 g/mol. The van der Waals surface area contributed by atoms with Crippen LogP contribution in [0.4, 0.5) is 0 Å². The lowest BCUT2D eigenvalue weighted by molar-refractivity contribution is 0.429. The second kappa shape index (κ2) is 7.14. The highest BCUT2D eigenvalue weighted by atomic mass is 16.3. The van der Waals surface area contributed by atoms with Crippen LogP contribution in [0.15, 0.2) is 35.1 Å². The maximum absolute atomic E-state index is 5.39. The van der Waals surface area contributed by atoms with E-state index in [0.717, 1.165) is 38.0 Å².